The summed E-state index contributed by atoms with van der Waals surface area (Å²) in [5.74, 6) is -1.04. The van der Waals surface area contributed by atoms with Crippen molar-refractivity contribution in [3.05, 3.63) is 35.9 Å². The molecule has 9 N–H and O–H groups in total. The molecule has 22 nitrogen and oxygen atoms in total. The second-order valence-electron chi connectivity index (χ2n) is 23.9. The summed E-state index contributed by atoms with van der Waals surface area (Å²) in [4.78, 5) is 13.8. The highest BCUT2D eigenvalue weighted by Crippen LogP contribution is 2.72. The topological polar surface area (TPSA) is 310 Å². The fourth-order valence-corrected chi connectivity index (χ4v) is 15.4. The molecule has 9 rings (SSSR count). The van der Waals surface area contributed by atoms with E-state index in [0.717, 1.165) is 0 Å². The summed E-state index contributed by atoms with van der Waals surface area (Å²) in [5, 5.41) is 102. The predicted octanol–water partition coefficient (Wildman–Crippen LogP) is 0.968. The van der Waals surface area contributed by atoms with Crippen LogP contribution < -0.4 is 0 Å². The number of carbonyl (C=O) groups is 1. The fourth-order valence-electron chi connectivity index (χ4n) is 15.4. The van der Waals surface area contributed by atoms with Crippen molar-refractivity contribution in [1.82, 2.24) is 0 Å². The molecule has 0 bridgehead atoms. The van der Waals surface area contributed by atoms with Crippen molar-refractivity contribution in [1.29, 1.82) is 0 Å². The predicted molar refractivity (Wildman–Crippen MR) is 266 cm³/mol. The maximum absolute atomic E-state index is 13.8. The lowest BCUT2D eigenvalue weighted by molar-refractivity contribution is -0.373. The number of rotatable bonds is 15. The van der Waals surface area contributed by atoms with Gasteiger partial charge in [0, 0.05) is 34.2 Å². The molecule has 0 spiro atoms. The van der Waals surface area contributed by atoms with Crippen LogP contribution in [0.15, 0.2) is 30.3 Å². The number of hydrogen-bond acceptors (Lipinski definition) is 22. The van der Waals surface area contributed by atoms with E-state index in [4.69, 9.17) is 56.8 Å². The molecule has 4 saturated heterocycles. The van der Waals surface area contributed by atoms with E-state index in [2.05, 4.69) is 6.92 Å². The Labute approximate surface area is 450 Å². The quantitative estimate of drug-likeness (QED) is 0.0873. The van der Waals surface area contributed by atoms with Crippen LogP contribution in [0.2, 0.25) is 0 Å². The summed E-state index contributed by atoms with van der Waals surface area (Å²) in [7, 11) is 4.51. The second kappa shape index (κ2) is 22.9. The first kappa shape index (κ1) is 59.5. The van der Waals surface area contributed by atoms with Crippen LogP contribution in [0.25, 0.3) is 0 Å². The molecule has 1 aromatic rings. The van der Waals surface area contributed by atoms with Crippen molar-refractivity contribution >= 4 is 5.97 Å². The van der Waals surface area contributed by atoms with Gasteiger partial charge in [-0.2, -0.15) is 0 Å². The SMILES string of the molecule is COC1CC(OC2CCC3(C)C(CCC4(O)C3CC(OC(=O)c3ccccc3)C3(C)C(O)(C(C)O)CCC43O)C2)OC(C)C1OC1CC(OC)C(OC2OC(C)C(OC3OC(CO)C(O)C(O)C3O)C(OC)C2O)C(C)O1. The van der Waals surface area contributed by atoms with Crippen molar-refractivity contribution in [3.8, 4) is 0 Å². The first-order valence-electron chi connectivity index (χ1n) is 27.7. The van der Waals surface area contributed by atoms with Crippen LogP contribution in [0.3, 0.4) is 0 Å². The third-order valence-corrected chi connectivity index (χ3v) is 20.1. The molecule has 8 fully saturated rings. The number of carbonyl (C=O) groups excluding carboxylic acids is 1. The van der Waals surface area contributed by atoms with Crippen molar-refractivity contribution in [2.24, 2.45) is 22.7 Å². The molecule has 22 heteroatoms. The van der Waals surface area contributed by atoms with Crippen molar-refractivity contribution in [2.45, 2.75) is 251 Å². The maximum Gasteiger partial charge on any atom is 0.338 e. The van der Waals surface area contributed by atoms with E-state index in [0.29, 0.717) is 37.7 Å². The summed E-state index contributed by atoms with van der Waals surface area (Å²) < 4.78 is 74.3. The van der Waals surface area contributed by atoms with E-state index >= 15 is 0 Å². The van der Waals surface area contributed by atoms with Crippen LogP contribution in [0.5, 0.6) is 0 Å². The van der Waals surface area contributed by atoms with Crippen molar-refractivity contribution in [2.75, 3.05) is 27.9 Å². The van der Waals surface area contributed by atoms with E-state index in [1.165, 1.54) is 21.1 Å². The Morgan fingerprint density at radius 1 is 0.662 bits per heavy atom. The van der Waals surface area contributed by atoms with Gasteiger partial charge in [-0.05, 0) is 108 Å². The Morgan fingerprint density at radius 2 is 1.26 bits per heavy atom. The van der Waals surface area contributed by atoms with Gasteiger partial charge in [-0.1, -0.05) is 32.0 Å². The molecule has 0 aromatic heterocycles. The molecule has 4 saturated carbocycles. The monoisotopic (exact) mass is 1100 g/mol. The number of fused-ring (bicyclic) bond motifs is 5. The minimum absolute atomic E-state index is 0.0197. The Bertz CT molecular complexity index is 2140. The van der Waals surface area contributed by atoms with Crippen LogP contribution in [0.1, 0.15) is 116 Å². The van der Waals surface area contributed by atoms with Gasteiger partial charge in [0.1, 0.15) is 72.2 Å². The third kappa shape index (κ3) is 10.2. The number of ether oxygens (including phenoxy) is 12. The van der Waals surface area contributed by atoms with Crippen LogP contribution in [-0.2, 0) is 56.8 Å². The highest BCUT2D eigenvalue weighted by molar-refractivity contribution is 5.89. The molecule has 8 aliphatic rings. The van der Waals surface area contributed by atoms with Gasteiger partial charge in [0.2, 0.25) is 0 Å². The second-order valence-corrected chi connectivity index (χ2v) is 23.9. The van der Waals surface area contributed by atoms with Gasteiger partial charge in [-0.3, -0.25) is 0 Å². The van der Waals surface area contributed by atoms with Crippen molar-refractivity contribution < 1.29 is 108 Å². The van der Waals surface area contributed by atoms with Gasteiger partial charge in [-0.15, -0.1) is 0 Å². The molecule has 28 atom stereocenters. The molecule has 4 aliphatic heterocycles. The smallest absolute Gasteiger partial charge is 0.338 e. The molecule has 4 heterocycles. The summed E-state index contributed by atoms with van der Waals surface area (Å²) in [6.45, 7) is 10.00. The zero-order chi connectivity index (χ0) is 55.7. The van der Waals surface area contributed by atoms with E-state index in [1.54, 1.807) is 58.2 Å². The summed E-state index contributed by atoms with van der Waals surface area (Å²) >= 11 is 0. The van der Waals surface area contributed by atoms with Gasteiger partial charge in [0.25, 0.3) is 0 Å². The minimum Gasteiger partial charge on any atom is -0.458 e. The number of methoxy groups -OCH3 is 3. The Morgan fingerprint density at radius 3 is 1.87 bits per heavy atom. The van der Waals surface area contributed by atoms with Gasteiger partial charge in [0.15, 0.2) is 25.2 Å². The van der Waals surface area contributed by atoms with E-state index < -0.39 is 169 Å². The highest BCUT2D eigenvalue weighted by atomic mass is 16.8. The Balaban J connectivity index is 0.808. The Hall–Kier alpha value is -2.11. The first-order valence-corrected chi connectivity index (χ1v) is 27.7. The van der Waals surface area contributed by atoms with Crippen molar-refractivity contribution in [3.63, 3.8) is 0 Å². The third-order valence-electron chi connectivity index (χ3n) is 20.1. The number of hydrogen-bond donors (Lipinski definition) is 9. The standard InChI is InChI=1S/C55H86O22/c1-26-44(75-39-23-34(67-8)45(27(2)70-39)76-50-43(61)47(68-9)46(28(3)71-50)77-49-42(60)41(59)40(58)35(25-56)73-49)33(66-7)22-38(69-26)72-32-16-17-51(5)31(21-32)15-18-54(64)36(51)24-37(74-48(62)30-13-11-10-12-14-30)52(6)53(63,29(4)57)19-20-55(52,54)65/h10-14,26-29,31-47,49-50,56-61,63-65H,15-25H2,1-9H3. The highest BCUT2D eigenvalue weighted by Gasteiger charge is 2.81. The number of aliphatic hydroxyl groups excluding tert-OH is 6. The van der Waals surface area contributed by atoms with Crippen LogP contribution in [0.4, 0.5) is 0 Å². The zero-order valence-electron chi connectivity index (χ0n) is 45.8. The van der Waals surface area contributed by atoms with Crippen LogP contribution >= 0.6 is 0 Å². The van der Waals surface area contributed by atoms with Gasteiger partial charge < -0.3 is 103 Å². The van der Waals surface area contributed by atoms with Gasteiger partial charge in [0.05, 0.1) is 65.9 Å². The number of esters is 1. The lowest BCUT2D eigenvalue weighted by Gasteiger charge is -2.69. The molecule has 77 heavy (non-hydrogen) atoms. The van der Waals surface area contributed by atoms with E-state index in [9.17, 15) is 50.8 Å². The van der Waals surface area contributed by atoms with Crippen LogP contribution in [-0.4, -0.2) is 226 Å². The maximum atomic E-state index is 13.8. The molecular formula is C55H86O22. The van der Waals surface area contributed by atoms with Gasteiger partial charge in [-0.25, -0.2) is 4.79 Å². The lowest BCUT2D eigenvalue weighted by Crippen LogP contribution is -2.79. The zero-order valence-corrected chi connectivity index (χ0v) is 45.8. The average Bonchev–Trinajstić information content (AvgIpc) is 3.83. The summed E-state index contributed by atoms with van der Waals surface area (Å²) in [6, 6.07) is 8.56. The van der Waals surface area contributed by atoms with Crippen LogP contribution in [0, 0.1) is 22.7 Å². The fraction of sp³-hybridized carbons (Fsp3) is 0.873. The first-order chi connectivity index (χ1) is 36.4. The average molecular weight is 1100 g/mol. The summed E-state index contributed by atoms with van der Waals surface area (Å²) in [5.41, 5.74) is -7.14. The molecule has 28 unspecified atom stereocenters. The summed E-state index contributed by atoms with van der Waals surface area (Å²) in [6.07, 6.45) is -17.0. The van der Waals surface area contributed by atoms with E-state index in [-0.39, 0.29) is 44.1 Å². The lowest BCUT2D eigenvalue weighted by atomic mass is 9.40. The largest absolute Gasteiger partial charge is 0.458 e. The van der Waals surface area contributed by atoms with E-state index in [1.807, 2.05) is 6.92 Å². The molecular weight excluding hydrogens is 1010 g/mol. The minimum atomic E-state index is -1.88. The number of benzene rings is 1. The molecule has 0 radical (unpaired) electrons. The van der Waals surface area contributed by atoms with Gasteiger partial charge >= 0.3 is 5.97 Å². The molecule has 0 amide bonds. The number of aliphatic hydroxyl groups is 9. The normalized spacial score (nSPS) is 51.5. The molecule has 4 aliphatic carbocycles. The molecule has 1 aromatic carbocycles. The Kier molecular flexibility index (Phi) is 17.7. The molecule has 438 valence electrons.